The predicted molar refractivity (Wildman–Crippen MR) is 90.4 cm³/mol. The van der Waals surface area contributed by atoms with Crippen LogP contribution in [-0.2, 0) is 11.3 Å². The molecule has 118 valence electrons. The number of hydrogen-bond donors (Lipinski definition) is 0. The number of nitrogens with zero attached hydrogens (tertiary/aromatic N) is 2. The van der Waals surface area contributed by atoms with E-state index in [1.165, 1.54) is 5.56 Å². The number of pyridine rings is 2. The van der Waals surface area contributed by atoms with Crippen molar-refractivity contribution in [2.24, 2.45) is 0 Å². The first-order valence-electron chi connectivity index (χ1n) is 7.88. The molecule has 0 unspecified atom stereocenters. The Hall–Kier alpha value is -2.46. The van der Waals surface area contributed by atoms with Gasteiger partial charge in [0.25, 0.3) is 0 Å². The summed E-state index contributed by atoms with van der Waals surface area (Å²) in [5, 5.41) is 1.02. The second kappa shape index (κ2) is 8.25. The Morgan fingerprint density at radius 1 is 0.826 bits per heavy atom. The summed E-state index contributed by atoms with van der Waals surface area (Å²) in [6.07, 6.45) is 3.65. The van der Waals surface area contributed by atoms with Gasteiger partial charge in [0, 0.05) is 24.3 Å². The minimum absolute atomic E-state index is 0.626. The maximum atomic E-state index is 5.67. The average molecular weight is 308 g/mol. The first kappa shape index (κ1) is 15.4. The minimum atomic E-state index is 0.626. The second-order valence-electron chi connectivity index (χ2n) is 5.29. The molecular formula is C19H20N2O2. The number of rotatable bonds is 8. The van der Waals surface area contributed by atoms with Crippen LogP contribution in [0.1, 0.15) is 18.4 Å². The molecule has 2 heterocycles. The third-order valence-electron chi connectivity index (χ3n) is 3.48. The molecule has 3 rings (SSSR count). The molecule has 1 aromatic carbocycles. The molecule has 3 aromatic rings. The van der Waals surface area contributed by atoms with E-state index in [0.717, 1.165) is 30.5 Å². The highest BCUT2D eigenvalue weighted by Crippen LogP contribution is 2.14. The zero-order valence-corrected chi connectivity index (χ0v) is 13.0. The van der Waals surface area contributed by atoms with Gasteiger partial charge in [0.05, 0.1) is 13.2 Å². The number of unbranched alkanes of at least 4 members (excludes halogenated alkanes) is 1. The van der Waals surface area contributed by atoms with Crippen LogP contribution in [0.5, 0.6) is 5.88 Å². The highest BCUT2D eigenvalue weighted by atomic mass is 16.5. The van der Waals surface area contributed by atoms with Gasteiger partial charge in [-0.1, -0.05) is 30.3 Å². The Labute approximate surface area is 136 Å². The quantitative estimate of drug-likeness (QED) is 0.590. The van der Waals surface area contributed by atoms with Crippen LogP contribution < -0.4 is 4.74 Å². The van der Waals surface area contributed by atoms with E-state index in [0.29, 0.717) is 19.1 Å². The summed E-state index contributed by atoms with van der Waals surface area (Å²) < 4.78 is 11.3. The standard InChI is InChI=1S/C19H20N2O2/c1-2-7-16(8-3-1)15-22-13-4-5-14-23-18-11-10-17-9-6-12-20-19(17)21-18/h1-3,6-12H,4-5,13-15H2. The summed E-state index contributed by atoms with van der Waals surface area (Å²) in [5.41, 5.74) is 1.92. The van der Waals surface area contributed by atoms with Crippen LogP contribution in [0.4, 0.5) is 0 Å². The van der Waals surface area contributed by atoms with Crippen molar-refractivity contribution in [3.8, 4) is 5.88 Å². The van der Waals surface area contributed by atoms with Crippen molar-refractivity contribution in [3.05, 3.63) is 66.4 Å². The van der Waals surface area contributed by atoms with E-state index in [2.05, 4.69) is 22.1 Å². The highest BCUT2D eigenvalue weighted by Gasteiger charge is 2.00. The number of aromatic nitrogens is 2. The summed E-state index contributed by atoms with van der Waals surface area (Å²) in [5.74, 6) is 0.626. The molecule has 4 heteroatoms. The molecule has 0 bridgehead atoms. The Morgan fingerprint density at radius 2 is 1.70 bits per heavy atom. The van der Waals surface area contributed by atoms with Gasteiger partial charge in [-0.15, -0.1) is 0 Å². The van der Waals surface area contributed by atoms with E-state index < -0.39 is 0 Å². The lowest BCUT2D eigenvalue weighted by atomic mass is 10.2. The van der Waals surface area contributed by atoms with Gasteiger partial charge in [-0.05, 0) is 36.6 Å². The van der Waals surface area contributed by atoms with Crippen molar-refractivity contribution in [2.45, 2.75) is 19.4 Å². The zero-order valence-electron chi connectivity index (χ0n) is 13.0. The number of ether oxygens (including phenoxy) is 2. The number of benzene rings is 1. The molecule has 0 fully saturated rings. The first-order chi connectivity index (χ1) is 11.4. The van der Waals surface area contributed by atoms with Crippen molar-refractivity contribution in [1.82, 2.24) is 9.97 Å². The van der Waals surface area contributed by atoms with Crippen LogP contribution in [0, 0.1) is 0 Å². The number of hydrogen-bond acceptors (Lipinski definition) is 4. The van der Waals surface area contributed by atoms with Gasteiger partial charge in [-0.3, -0.25) is 0 Å². The Kier molecular flexibility index (Phi) is 5.53. The van der Waals surface area contributed by atoms with Crippen LogP contribution in [0.25, 0.3) is 11.0 Å². The van der Waals surface area contributed by atoms with Gasteiger partial charge >= 0.3 is 0 Å². The smallest absolute Gasteiger partial charge is 0.215 e. The van der Waals surface area contributed by atoms with Crippen molar-refractivity contribution >= 4 is 11.0 Å². The van der Waals surface area contributed by atoms with Crippen LogP contribution >= 0.6 is 0 Å². The molecule has 4 nitrogen and oxygen atoms in total. The maximum Gasteiger partial charge on any atom is 0.215 e. The van der Waals surface area contributed by atoms with Crippen LogP contribution in [0.15, 0.2) is 60.8 Å². The number of fused-ring (bicyclic) bond motifs is 1. The lowest BCUT2D eigenvalue weighted by molar-refractivity contribution is 0.113. The van der Waals surface area contributed by atoms with E-state index in [1.54, 1.807) is 6.20 Å². The summed E-state index contributed by atoms with van der Waals surface area (Å²) >= 11 is 0. The molecule has 0 aliphatic rings. The summed E-state index contributed by atoms with van der Waals surface area (Å²) in [6.45, 7) is 2.05. The van der Waals surface area contributed by atoms with E-state index in [-0.39, 0.29) is 0 Å². The molecule has 0 atom stereocenters. The van der Waals surface area contributed by atoms with E-state index in [4.69, 9.17) is 9.47 Å². The van der Waals surface area contributed by atoms with E-state index in [1.807, 2.05) is 42.5 Å². The van der Waals surface area contributed by atoms with Crippen LogP contribution in [0.3, 0.4) is 0 Å². The molecule has 0 aliphatic carbocycles. The topological polar surface area (TPSA) is 44.2 Å². The van der Waals surface area contributed by atoms with Gasteiger partial charge in [-0.25, -0.2) is 4.98 Å². The molecule has 0 radical (unpaired) electrons. The highest BCUT2D eigenvalue weighted by molar-refractivity contribution is 5.74. The molecular weight excluding hydrogens is 288 g/mol. The minimum Gasteiger partial charge on any atom is -0.478 e. The van der Waals surface area contributed by atoms with Crippen molar-refractivity contribution in [3.63, 3.8) is 0 Å². The maximum absolute atomic E-state index is 5.67. The molecule has 0 N–H and O–H groups in total. The van der Waals surface area contributed by atoms with Gasteiger partial charge in [0.1, 0.15) is 0 Å². The van der Waals surface area contributed by atoms with Crippen LogP contribution in [0.2, 0.25) is 0 Å². The summed E-state index contributed by atoms with van der Waals surface area (Å²) in [7, 11) is 0. The average Bonchev–Trinajstić information content (AvgIpc) is 2.61. The molecule has 0 aliphatic heterocycles. The second-order valence-corrected chi connectivity index (χ2v) is 5.29. The van der Waals surface area contributed by atoms with Gasteiger partial charge in [0.15, 0.2) is 5.65 Å². The van der Waals surface area contributed by atoms with Crippen molar-refractivity contribution in [2.75, 3.05) is 13.2 Å². The van der Waals surface area contributed by atoms with Crippen molar-refractivity contribution < 1.29 is 9.47 Å². The van der Waals surface area contributed by atoms with E-state index >= 15 is 0 Å². The first-order valence-corrected chi connectivity index (χ1v) is 7.88. The Bertz CT molecular complexity index is 732. The van der Waals surface area contributed by atoms with Crippen LogP contribution in [-0.4, -0.2) is 23.2 Å². The Balaban J connectivity index is 1.33. The molecule has 0 saturated heterocycles. The molecule has 0 amide bonds. The third-order valence-corrected chi connectivity index (χ3v) is 3.48. The van der Waals surface area contributed by atoms with Gasteiger partial charge in [-0.2, -0.15) is 4.98 Å². The third kappa shape index (κ3) is 4.76. The fourth-order valence-corrected chi connectivity index (χ4v) is 2.26. The zero-order chi connectivity index (χ0) is 15.7. The van der Waals surface area contributed by atoms with E-state index in [9.17, 15) is 0 Å². The van der Waals surface area contributed by atoms with Gasteiger partial charge in [0.2, 0.25) is 5.88 Å². The summed E-state index contributed by atoms with van der Waals surface area (Å²) in [6, 6.07) is 18.0. The SMILES string of the molecule is c1ccc(COCCCCOc2ccc3cccnc3n2)cc1. The monoisotopic (exact) mass is 308 g/mol. The predicted octanol–water partition coefficient (Wildman–Crippen LogP) is 4.01. The molecule has 23 heavy (non-hydrogen) atoms. The molecule has 2 aromatic heterocycles. The Morgan fingerprint density at radius 3 is 2.61 bits per heavy atom. The fraction of sp³-hybridized carbons (Fsp3) is 0.263. The lowest BCUT2D eigenvalue weighted by Crippen LogP contribution is -2.02. The molecule has 0 saturated carbocycles. The molecule has 0 spiro atoms. The summed E-state index contributed by atoms with van der Waals surface area (Å²) in [4.78, 5) is 8.61. The fourth-order valence-electron chi connectivity index (χ4n) is 2.26. The van der Waals surface area contributed by atoms with Crippen molar-refractivity contribution in [1.29, 1.82) is 0 Å². The lowest BCUT2D eigenvalue weighted by Gasteiger charge is -2.07. The largest absolute Gasteiger partial charge is 0.478 e. The normalized spacial score (nSPS) is 10.8. The van der Waals surface area contributed by atoms with Gasteiger partial charge < -0.3 is 9.47 Å².